The van der Waals surface area contributed by atoms with Crippen LogP contribution in [0.1, 0.15) is 36.7 Å². The molecular weight excluding hydrogens is 474 g/mol. The molecule has 2 N–H and O–H groups in total. The van der Waals surface area contributed by atoms with Crippen molar-refractivity contribution in [2.75, 3.05) is 50.5 Å². The minimum absolute atomic E-state index is 0.196. The number of benzene rings is 2. The van der Waals surface area contributed by atoms with Crippen molar-refractivity contribution >= 4 is 28.4 Å². The van der Waals surface area contributed by atoms with Crippen molar-refractivity contribution in [2.45, 2.75) is 33.3 Å². The van der Waals surface area contributed by atoms with Crippen LogP contribution in [0, 0.1) is 0 Å². The van der Waals surface area contributed by atoms with Gasteiger partial charge in [0.2, 0.25) is 0 Å². The number of fused-ring (bicyclic) bond motifs is 1. The number of aryl methyl sites for hydroxylation is 1. The quantitative estimate of drug-likeness (QED) is 0.305. The van der Waals surface area contributed by atoms with Crippen LogP contribution >= 0.6 is 0 Å². The van der Waals surface area contributed by atoms with Crippen LogP contribution in [-0.4, -0.2) is 67.2 Å². The fourth-order valence-electron chi connectivity index (χ4n) is 5.16. The fourth-order valence-corrected chi connectivity index (χ4v) is 5.16. The number of hydrogen-bond donors (Lipinski definition) is 2. The normalized spacial score (nSPS) is 14.3. The van der Waals surface area contributed by atoms with Crippen molar-refractivity contribution in [3.05, 3.63) is 65.9 Å². The molecule has 0 radical (unpaired) electrons. The number of carbonyl (C=O) groups is 1. The first-order valence-corrected chi connectivity index (χ1v) is 13.5. The molecule has 0 bridgehead atoms. The molecule has 38 heavy (non-hydrogen) atoms. The summed E-state index contributed by atoms with van der Waals surface area (Å²) in [7, 11) is 4.12. The average molecular weight is 512 g/mol. The van der Waals surface area contributed by atoms with Crippen LogP contribution < -0.4 is 10.2 Å². The summed E-state index contributed by atoms with van der Waals surface area (Å²) in [6.45, 7) is 10.1. The average Bonchev–Trinajstić information content (AvgIpc) is 3.31. The molecule has 198 valence electrons. The van der Waals surface area contributed by atoms with Crippen molar-refractivity contribution in [3.63, 3.8) is 0 Å². The standard InChI is InChI=1S/C31H37N5O2/c1-6-21-7-8-23(18-27(21)32-4)28-26-17-24(31(37)38-20(2)3)19-33-30(26)34-29(28)22-9-11-25(12-10-22)36-15-13-35(5)14-16-36/h7-12,17-20,32H,6,13-16H2,1-5H3,(H,33,34). The Morgan fingerprint density at radius 3 is 2.42 bits per heavy atom. The zero-order chi connectivity index (χ0) is 26.8. The molecule has 0 spiro atoms. The third kappa shape index (κ3) is 5.11. The van der Waals surface area contributed by atoms with Gasteiger partial charge in [0.05, 0.1) is 17.4 Å². The Labute approximate surface area is 224 Å². The van der Waals surface area contributed by atoms with E-state index in [-0.39, 0.29) is 12.1 Å². The van der Waals surface area contributed by atoms with Crippen LogP contribution in [0.2, 0.25) is 0 Å². The molecule has 0 amide bonds. The predicted molar refractivity (Wildman–Crippen MR) is 156 cm³/mol. The number of ether oxygens (including phenoxy) is 1. The molecule has 0 atom stereocenters. The molecule has 2 aromatic carbocycles. The first-order chi connectivity index (χ1) is 18.4. The maximum Gasteiger partial charge on any atom is 0.339 e. The molecule has 2 aromatic heterocycles. The lowest BCUT2D eigenvalue weighted by molar-refractivity contribution is 0.0377. The molecule has 0 saturated carbocycles. The van der Waals surface area contributed by atoms with Crippen LogP contribution in [0.15, 0.2) is 54.7 Å². The number of aromatic nitrogens is 2. The Morgan fingerprint density at radius 2 is 1.76 bits per heavy atom. The van der Waals surface area contributed by atoms with Crippen molar-refractivity contribution in [1.82, 2.24) is 14.9 Å². The minimum atomic E-state index is -0.364. The van der Waals surface area contributed by atoms with Crippen molar-refractivity contribution < 1.29 is 9.53 Å². The number of nitrogens with zero attached hydrogens (tertiary/aromatic N) is 3. The summed E-state index contributed by atoms with van der Waals surface area (Å²) in [6.07, 6.45) is 2.34. The summed E-state index contributed by atoms with van der Waals surface area (Å²) < 4.78 is 5.46. The number of anilines is 2. The summed E-state index contributed by atoms with van der Waals surface area (Å²) in [4.78, 5) is 25.7. The van der Waals surface area contributed by atoms with Gasteiger partial charge in [-0.05, 0) is 68.3 Å². The number of pyridine rings is 1. The van der Waals surface area contributed by atoms with Crippen molar-refractivity contribution in [2.24, 2.45) is 0 Å². The number of esters is 1. The molecule has 7 nitrogen and oxygen atoms in total. The molecule has 1 fully saturated rings. The first-order valence-electron chi connectivity index (χ1n) is 13.5. The number of rotatable bonds is 7. The van der Waals surface area contributed by atoms with Gasteiger partial charge < -0.3 is 24.8 Å². The van der Waals surface area contributed by atoms with E-state index in [1.54, 1.807) is 6.20 Å². The lowest BCUT2D eigenvalue weighted by Gasteiger charge is -2.34. The Kier molecular flexibility index (Phi) is 7.38. The van der Waals surface area contributed by atoms with E-state index in [0.29, 0.717) is 5.56 Å². The smallest absolute Gasteiger partial charge is 0.339 e. The molecule has 5 rings (SSSR count). The highest BCUT2D eigenvalue weighted by Crippen LogP contribution is 2.40. The summed E-state index contributed by atoms with van der Waals surface area (Å²) in [5.41, 5.74) is 8.93. The fraction of sp³-hybridized carbons (Fsp3) is 0.355. The highest BCUT2D eigenvalue weighted by molar-refractivity contribution is 6.05. The lowest BCUT2D eigenvalue weighted by atomic mass is 9.96. The largest absolute Gasteiger partial charge is 0.459 e. The van der Waals surface area contributed by atoms with E-state index in [9.17, 15) is 4.79 Å². The van der Waals surface area contributed by atoms with Gasteiger partial charge in [0.15, 0.2) is 0 Å². The van der Waals surface area contributed by atoms with Crippen LogP contribution in [0.3, 0.4) is 0 Å². The van der Waals surface area contributed by atoms with E-state index in [2.05, 4.69) is 81.5 Å². The minimum Gasteiger partial charge on any atom is -0.459 e. The second kappa shape index (κ2) is 10.9. The van der Waals surface area contributed by atoms with E-state index in [1.165, 1.54) is 11.3 Å². The third-order valence-electron chi connectivity index (χ3n) is 7.30. The predicted octanol–water partition coefficient (Wildman–Crippen LogP) is 5.82. The van der Waals surface area contributed by atoms with Gasteiger partial charge in [-0.1, -0.05) is 31.2 Å². The van der Waals surface area contributed by atoms with Crippen LogP contribution in [0.25, 0.3) is 33.4 Å². The topological polar surface area (TPSA) is 73.5 Å². The molecule has 1 saturated heterocycles. The Hall–Kier alpha value is -3.84. The monoisotopic (exact) mass is 511 g/mol. The van der Waals surface area contributed by atoms with Crippen molar-refractivity contribution in [1.29, 1.82) is 0 Å². The molecule has 3 heterocycles. The lowest BCUT2D eigenvalue weighted by Crippen LogP contribution is -2.44. The zero-order valence-electron chi connectivity index (χ0n) is 23.0. The first kappa shape index (κ1) is 25.8. The number of aromatic amines is 1. The number of nitrogens with one attached hydrogen (secondary N) is 2. The highest BCUT2D eigenvalue weighted by atomic mass is 16.5. The highest BCUT2D eigenvalue weighted by Gasteiger charge is 2.21. The van der Waals surface area contributed by atoms with Crippen LogP contribution in [-0.2, 0) is 11.2 Å². The van der Waals surface area contributed by atoms with Gasteiger partial charge >= 0.3 is 5.97 Å². The second-order valence-corrected chi connectivity index (χ2v) is 10.3. The zero-order valence-corrected chi connectivity index (χ0v) is 23.0. The van der Waals surface area contributed by atoms with Crippen LogP contribution in [0.5, 0.6) is 0 Å². The third-order valence-corrected chi connectivity index (χ3v) is 7.30. The molecule has 7 heteroatoms. The molecule has 0 unspecified atom stereocenters. The summed E-state index contributed by atoms with van der Waals surface area (Å²) in [5.74, 6) is -0.364. The van der Waals surface area contributed by atoms with E-state index < -0.39 is 0 Å². The van der Waals surface area contributed by atoms with Gasteiger partial charge in [0, 0.05) is 61.7 Å². The molecule has 4 aromatic rings. The second-order valence-electron chi connectivity index (χ2n) is 10.3. The van der Waals surface area contributed by atoms with E-state index in [1.807, 2.05) is 27.0 Å². The number of hydrogen-bond acceptors (Lipinski definition) is 6. The molecular formula is C31H37N5O2. The summed E-state index contributed by atoms with van der Waals surface area (Å²) >= 11 is 0. The molecule has 1 aliphatic heterocycles. The van der Waals surface area contributed by atoms with E-state index >= 15 is 0 Å². The van der Waals surface area contributed by atoms with Gasteiger partial charge in [0.25, 0.3) is 0 Å². The summed E-state index contributed by atoms with van der Waals surface area (Å²) in [5, 5.41) is 4.24. The van der Waals surface area contributed by atoms with Gasteiger partial charge in [-0.25, -0.2) is 9.78 Å². The van der Waals surface area contributed by atoms with Gasteiger partial charge in [-0.3, -0.25) is 0 Å². The Bertz CT molecular complexity index is 1430. The maximum absolute atomic E-state index is 12.7. The maximum atomic E-state index is 12.7. The van der Waals surface area contributed by atoms with Crippen LogP contribution in [0.4, 0.5) is 11.4 Å². The molecule has 0 aliphatic carbocycles. The van der Waals surface area contributed by atoms with E-state index in [4.69, 9.17) is 4.74 Å². The molecule has 1 aliphatic rings. The number of piperazine rings is 1. The number of carbonyl (C=O) groups excluding carboxylic acids is 1. The van der Waals surface area contributed by atoms with E-state index in [0.717, 1.165) is 71.7 Å². The van der Waals surface area contributed by atoms with Gasteiger partial charge in [0.1, 0.15) is 5.65 Å². The Morgan fingerprint density at radius 1 is 1.05 bits per heavy atom. The Balaban J connectivity index is 1.62. The van der Waals surface area contributed by atoms with Crippen molar-refractivity contribution in [3.8, 4) is 22.4 Å². The SMILES string of the molecule is CCc1ccc(-c2c(-c3ccc(N4CCN(C)CC4)cc3)[nH]c3ncc(C(=O)OC(C)C)cc23)cc1NC. The van der Waals surface area contributed by atoms with Gasteiger partial charge in [-0.2, -0.15) is 0 Å². The summed E-state index contributed by atoms with van der Waals surface area (Å²) in [6, 6.07) is 17.2. The number of H-pyrrole nitrogens is 1. The number of likely N-dealkylation sites (N-methyl/N-ethyl adjacent to an activating group) is 1. The van der Waals surface area contributed by atoms with Gasteiger partial charge in [-0.15, -0.1) is 0 Å².